The summed E-state index contributed by atoms with van der Waals surface area (Å²) in [4.78, 5) is 3.87. The highest BCUT2D eigenvalue weighted by Gasteiger charge is 2.18. The van der Waals surface area contributed by atoms with Crippen molar-refractivity contribution >= 4 is 21.4 Å². The van der Waals surface area contributed by atoms with E-state index in [9.17, 15) is 8.42 Å². The third-order valence-electron chi connectivity index (χ3n) is 2.59. The maximum Gasteiger partial charge on any atom is 0.265 e. The molecule has 0 aliphatic heterocycles. The van der Waals surface area contributed by atoms with Crippen LogP contribution in [0.4, 0.5) is 11.4 Å². The fourth-order valence-electron chi connectivity index (χ4n) is 1.66. The quantitative estimate of drug-likeness (QED) is 0.894. The second-order valence-electron chi connectivity index (χ2n) is 3.92. The van der Waals surface area contributed by atoms with Crippen molar-refractivity contribution < 1.29 is 8.42 Å². The van der Waals surface area contributed by atoms with Gasteiger partial charge in [0.1, 0.15) is 4.90 Å². The van der Waals surface area contributed by atoms with Crippen LogP contribution in [-0.4, -0.2) is 20.4 Å². The Morgan fingerprint density at radius 3 is 2.80 bits per heavy atom. The number of nitrogens with one attached hydrogen (secondary N) is 2. The van der Waals surface area contributed by atoms with E-state index in [-0.39, 0.29) is 4.90 Å². The van der Waals surface area contributed by atoms with Gasteiger partial charge in [-0.2, -0.15) is 5.26 Å². The first-order valence-corrected chi connectivity index (χ1v) is 7.20. The molecule has 1 aromatic heterocycles. The van der Waals surface area contributed by atoms with Crippen LogP contribution < -0.4 is 10.0 Å². The summed E-state index contributed by atoms with van der Waals surface area (Å²) in [7, 11) is -2.14. The number of hydrogen-bond acceptors (Lipinski definition) is 5. The number of nitrogens with zero attached hydrogens (tertiary/aromatic N) is 2. The van der Waals surface area contributed by atoms with Crippen molar-refractivity contribution in [2.24, 2.45) is 0 Å². The number of benzene rings is 1. The Hall–Kier alpha value is -2.59. The Morgan fingerprint density at radius 1 is 1.30 bits per heavy atom. The van der Waals surface area contributed by atoms with E-state index in [0.717, 1.165) is 0 Å². The monoisotopic (exact) mass is 288 g/mol. The molecule has 0 unspecified atom stereocenters. The maximum atomic E-state index is 12.3. The van der Waals surface area contributed by atoms with Crippen molar-refractivity contribution in [3.05, 3.63) is 48.3 Å². The molecular formula is C13H12N4O2S. The van der Waals surface area contributed by atoms with Crippen LogP contribution >= 0.6 is 0 Å². The topological polar surface area (TPSA) is 94.9 Å². The number of anilines is 2. The highest BCUT2D eigenvalue weighted by Crippen LogP contribution is 2.22. The second kappa shape index (κ2) is 5.59. The highest BCUT2D eigenvalue weighted by atomic mass is 32.2. The summed E-state index contributed by atoms with van der Waals surface area (Å²) >= 11 is 0. The van der Waals surface area contributed by atoms with Crippen molar-refractivity contribution in [2.75, 3.05) is 17.1 Å². The number of rotatable bonds is 4. The van der Waals surface area contributed by atoms with E-state index in [0.29, 0.717) is 16.9 Å². The van der Waals surface area contributed by atoms with Crippen LogP contribution in [0.3, 0.4) is 0 Å². The number of nitriles is 1. The molecule has 0 atom stereocenters. The van der Waals surface area contributed by atoms with Crippen molar-refractivity contribution in [3.8, 4) is 6.07 Å². The molecule has 1 aromatic carbocycles. The van der Waals surface area contributed by atoms with Gasteiger partial charge in [-0.15, -0.1) is 0 Å². The van der Waals surface area contributed by atoms with Gasteiger partial charge >= 0.3 is 0 Å². The SMILES string of the molecule is CNc1ccncc1S(=O)(=O)Nc1cccc(C#N)c1. The Kier molecular flexibility index (Phi) is 3.86. The molecule has 0 aliphatic rings. The third kappa shape index (κ3) is 2.87. The first-order valence-electron chi connectivity index (χ1n) is 5.71. The molecule has 0 saturated heterocycles. The summed E-state index contributed by atoms with van der Waals surface area (Å²) in [6.45, 7) is 0. The van der Waals surface area contributed by atoms with Gasteiger partial charge in [0.05, 0.1) is 23.0 Å². The third-order valence-corrected chi connectivity index (χ3v) is 4.00. The number of aromatic nitrogens is 1. The molecule has 6 nitrogen and oxygen atoms in total. The molecule has 102 valence electrons. The average Bonchev–Trinajstić information content (AvgIpc) is 2.47. The molecule has 1 heterocycles. The average molecular weight is 288 g/mol. The van der Waals surface area contributed by atoms with Crippen molar-refractivity contribution in [1.82, 2.24) is 4.98 Å². The summed E-state index contributed by atoms with van der Waals surface area (Å²) in [5.74, 6) is 0. The van der Waals surface area contributed by atoms with Gasteiger partial charge in [0, 0.05) is 19.4 Å². The molecule has 0 spiro atoms. The molecule has 2 rings (SSSR count). The molecule has 0 radical (unpaired) electrons. The Morgan fingerprint density at radius 2 is 2.10 bits per heavy atom. The van der Waals surface area contributed by atoms with Gasteiger partial charge in [-0.3, -0.25) is 9.71 Å². The number of sulfonamides is 1. The van der Waals surface area contributed by atoms with Crippen LogP contribution in [0.5, 0.6) is 0 Å². The van der Waals surface area contributed by atoms with E-state index < -0.39 is 10.0 Å². The van der Waals surface area contributed by atoms with E-state index in [1.165, 1.54) is 18.5 Å². The van der Waals surface area contributed by atoms with Gasteiger partial charge in [-0.1, -0.05) is 6.07 Å². The molecule has 0 aliphatic carbocycles. The zero-order valence-corrected chi connectivity index (χ0v) is 11.5. The lowest BCUT2D eigenvalue weighted by Crippen LogP contribution is -2.15. The molecule has 7 heteroatoms. The van der Waals surface area contributed by atoms with Crippen LogP contribution in [0.1, 0.15) is 5.56 Å². The molecular weight excluding hydrogens is 276 g/mol. The zero-order valence-electron chi connectivity index (χ0n) is 10.7. The first kappa shape index (κ1) is 13.8. The highest BCUT2D eigenvalue weighted by molar-refractivity contribution is 7.92. The van der Waals surface area contributed by atoms with Crippen LogP contribution in [0, 0.1) is 11.3 Å². The van der Waals surface area contributed by atoms with Crippen LogP contribution in [0.25, 0.3) is 0 Å². The zero-order chi connectivity index (χ0) is 14.6. The smallest absolute Gasteiger partial charge is 0.265 e. The van der Waals surface area contributed by atoms with Crippen LogP contribution in [0.2, 0.25) is 0 Å². The maximum absolute atomic E-state index is 12.3. The lowest BCUT2D eigenvalue weighted by atomic mass is 10.2. The van der Waals surface area contributed by atoms with E-state index in [1.54, 1.807) is 31.3 Å². The van der Waals surface area contributed by atoms with Gasteiger partial charge in [-0.05, 0) is 24.3 Å². The van der Waals surface area contributed by atoms with Gasteiger partial charge in [-0.25, -0.2) is 8.42 Å². The van der Waals surface area contributed by atoms with Gasteiger partial charge in [0.15, 0.2) is 0 Å². The fraction of sp³-hybridized carbons (Fsp3) is 0.0769. The first-order chi connectivity index (χ1) is 9.56. The minimum Gasteiger partial charge on any atom is -0.387 e. The summed E-state index contributed by atoms with van der Waals surface area (Å²) in [6.07, 6.45) is 2.77. The second-order valence-corrected chi connectivity index (χ2v) is 5.57. The predicted molar refractivity (Wildman–Crippen MR) is 75.7 cm³/mol. The predicted octanol–water partition coefficient (Wildman–Crippen LogP) is 1.80. The molecule has 0 saturated carbocycles. The minimum absolute atomic E-state index is 0.0462. The van der Waals surface area contributed by atoms with Gasteiger partial charge in [0.2, 0.25) is 0 Å². The molecule has 2 N–H and O–H groups in total. The summed E-state index contributed by atoms with van der Waals surface area (Å²) in [6, 6.07) is 9.78. The summed E-state index contributed by atoms with van der Waals surface area (Å²) in [5.41, 5.74) is 1.16. The largest absolute Gasteiger partial charge is 0.387 e. The van der Waals surface area contributed by atoms with Crippen molar-refractivity contribution in [2.45, 2.75) is 4.90 Å². The Balaban J connectivity index is 2.38. The number of hydrogen-bond donors (Lipinski definition) is 2. The van der Waals surface area contributed by atoms with E-state index >= 15 is 0 Å². The van der Waals surface area contributed by atoms with Crippen molar-refractivity contribution in [3.63, 3.8) is 0 Å². The van der Waals surface area contributed by atoms with E-state index in [2.05, 4.69) is 15.0 Å². The lowest BCUT2D eigenvalue weighted by molar-refractivity contribution is 0.601. The van der Waals surface area contributed by atoms with Crippen LogP contribution in [0.15, 0.2) is 47.6 Å². The number of pyridine rings is 1. The molecule has 0 amide bonds. The van der Waals surface area contributed by atoms with Gasteiger partial charge < -0.3 is 5.32 Å². The minimum atomic E-state index is -3.77. The van der Waals surface area contributed by atoms with Gasteiger partial charge in [0.25, 0.3) is 10.0 Å². The molecule has 20 heavy (non-hydrogen) atoms. The van der Waals surface area contributed by atoms with E-state index in [4.69, 9.17) is 5.26 Å². The summed E-state index contributed by atoms with van der Waals surface area (Å²) < 4.78 is 27.0. The van der Waals surface area contributed by atoms with Crippen molar-refractivity contribution in [1.29, 1.82) is 5.26 Å². The summed E-state index contributed by atoms with van der Waals surface area (Å²) in [5, 5.41) is 11.6. The Bertz CT molecular complexity index is 766. The normalized spacial score (nSPS) is 10.6. The van der Waals surface area contributed by atoms with Crippen LogP contribution in [-0.2, 0) is 10.0 Å². The van der Waals surface area contributed by atoms with E-state index in [1.807, 2.05) is 6.07 Å². The lowest BCUT2D eigenvalue weighted by Gasteiger charge is -2.11. The fourth-order valence-corrected chi connectivity index (χ4v) is 2.87. The molecule has 0 bridgehead atoms. The standard InChI is InChI=1S/C13H12N4O2S/c1-15-12-5-6-16-9-13(12)20(18,19)17-11-4-2-3-10(7-11)8-14/h2-7,9,17H,1H3,(H,15,16). The molecule has 2 aromatic rings. The molecule has 0 fully saturated rings. The Labute approximate surface area is 117 Å².